The second kappa shape index (κ2) is 6.26. The SMILES string of the molecule is CC(C)NC(=O)N1CCCC(C(O)c2nccn2C)C1. The Morgan fingerprint density at radius 2 is 2.30 bits per heavy atom. The molecular weight excluding hydrogens is 256 g/mol. The molecular formula is C14H24N4O2. The summed E-state index contributed by atoms with van der Waals surface area (Å²) in [6.45, 7) is 5.22. The monoisotopic (exact) mass is 280 g/mol. The average molecular weight is 280 g/mol. The van der Waals surface area contributed by atoms with Crippen LogP contribution < -0.4 is 5.32 Å². The Morgan fingerprint density at radius 1 is 1.55 bits per heavy atom. The van der Waals surface area contributed by atoms with Crippen LogP contribution in [0, 0.1) is 5.92 Å². The second-order valence-corrected chi connectivity index (χ2v) is 5.79. The Balaban J connectivity index is 2.00. The number of imidazole rings is 1. The van der Waals surface area contributed by atoms with Gasteiger partial charge in [-0.3, -0.25) is 0 Å². The van der Waals surface area contributed by atoms with Gasteiger partial charge in [0.05, 0.1) is 0 Å². The zero-order valence-corrected chi connectivity index (χ0v) is 12.4. The maximum atomic E-state index is 12.0. The molecule has 1 aromatic rings. The number of aliphatic hydroxyl groups is 1. The van der Waals surface area contributed by atoms with E-state index < -0.39 is 6.10 Å². The molecule has 2 amide bonds. The summed E-state index contributed by atoms with van der Waals surface area (Å²) in [5.41, 5.74) is 0. The lowest BCUT2D eigenvalue weighted by Crippen LogP contribution is -2.48. The minimum Gasteiger partial charge on any atom is -0.385 e. The minimum atomic E-state index is -0.621. The van der Waals surface area contributed by atoms with Crippen LogP contribution in [0.5, 0.6) is 0 Å². The lowest BCUT2D eigenvalue weighted by atomic mass is 9.92. The van der Waals surface area contributed by atoms with Crippen LogP contribution in [-0.4, -0.2) is 44.7 Å². The molecule has 0 radical (unpaired) electrons. The molecule has 1 aliphatic rings. The molecule has 1 aromatic heterocycles. The van der Waals surface area contributed by atoms with Crippen molar-refractivity contribution < 1.29 is 9.90 Å². The number of rotatable bonds is 3. The van der Waals surface area contributed by atoms with Crippen LogP contribution in [0.2, 0.25) is 0 Å². The minimum absolute atomic E-state index is 0.0442. The molecule has 2 heterocycles. The van der Waals surface area contributed by atoms with Gasteiger partial charge in [0.15, 0.2) is 0 Å². The number of piperidine rings is 1. The van der Waals surface area contributed by atoms with Gasteiger partial charge < -0.3 is 19.9 Å². The van der Waals surface area contributed by atoms with Crippen LogP contribution >= 0.6 is 0 Å². The molecule has 1 saturated heterocycles. The van der Waals surface area contributed by atoms with Gasteiger partial charge in [-0.2, -0.15) is 0 Å². The van der Waals surface area contributed by atoms with Gasteiger partial charge in [-0.25, -0.2) is 9.78 Å². The highest BCUT2D eigenvalue weighted by Crippen LogP contribution is 2.28. The third-order valence-electron chi connectivity index (χ3n) is 3.73. The molecule has 0 bridgehead atoms. The van der Waals surface area contributed by atoms with E-state index in [1.165, 1.54) is 0 Å². The van der Waals surface area contributed by atoms with Gasteiger partial charge in [0, 0.05) is 44.5 Å². The summed E-state index contributed by atoms with van der Waals surface area (Å²) in [5, 5.41) is 13.4. The van der Waals surface area contributed by atoms with Crippen molar-refractivity contribution >= 4 is 6.03 Å². The predicted octanol–water partition coefficient (Wildman–Crippen LogP) is 1.28. The summed E-state index contributed by atoms with van der Waals surface area (Å²) in [6, 6.07) is 0.0825. The second-order valence-electron chi connectivity index (χ2n) is 5.79. The quantitative estimate of drug-likeness (QED) is 0.876. The zero-order valence-electron chi connectivity index (χ0n) is 12.4. The molecule has 1 fully saturated rings. The van der Waals surface area contributed by atoms with E-state index in [0.717, 1.165) is 19.4 Å². The summed E-state index contributed by atoms with van der Waals surface area (Å²) in [6.07, 6.45) is 4.72. The van der Waals surface area contributed by atoms with E-state index in [1.54, 1.807) is 11.1 Å². The zero-order chi connectivity index (χ0) is 14.7. The van der Waals surface area contributed by atoms with Crippen molar-refractivity contribution in [1.82, 2.24) is 19.8 Å². The maximum absolute atomic E-state index is 12.0. The van der Waals surface area contributed by atoms with Crippen molar-refractivity contribution in [3.63, 3.8) is 0 Å². The fraction of sp³-hybridized carbons (Fsp3) is 0.714. The van der Waals surface area contributed by atoms with Crippen molar-refractivity contribution in [3.05, 3.63) is 18.2 Å². The van der Waals surface area contributed by atoms with E-state index >= 15 is 0 Å². The van der Waals surface area contributed by atoms with Gasteiger partial charge in [-0.1, -0.05) is 0 Å². The van der Waals surface area contributed by atoms with E-state index in [2.05, 4.69) is 10.3 Å². The molecule has 20 heavy (non-hydrogen) atoms. The summed E-state index contributed by atoms with van der Waals surface area (Å²) in [4.78, 5) is 18.0. The number of aliphatic hydroxyl groups excluding tert-OH is 1. The smallest absolute Gasteiger partial charge is 0.317 e. The largest absolute Gasteiger partial charge is 0.385 e. The molecule has 0 spiro atoms. The number of likely N-dealkylation sites (tertiary alicyclic amines) is 1. The average Bonchev–Trinajstić information content (AvgIpc) is 2.83. The number of aryl methyl sites for hydroxylation is 1. The van der Waals surface area contributed by atoms with Crippen LogP contribution in [-0.2, 0) is 7.05 Å². The first-order valence-corrected chi connectivity index (χ1v) is 7.19. The van der Waals surface area contributed by atoms with Crippen LogP contribution in [0.4, 0.5) is 4.79 Å². The van der Waals surface area contributed by atoms with Crippen LogP contribution in [0.25, 0.3) is 0 Å². The molecule has 2 unspecified atom stereocenters. The molecule has 112 valence electrons. The number of carbonyl (C=O) groups excluding carboxylic acids is 1. The number of nitrogens with zero attached hydrogens (tertiary/aromatic N) is 3. The molecule has 0 saturated carbocycles. The third kappa shape index (κ3) is 3.30. The van der Waals surface area contributed by atoms with Gasteiger partial charge >= 0.3 is 6.03 Å². The first-order chi connectivity index (χ1) is 9.49. The highest BCUT2D eigenvalue weighted by atomic mass is 16.3. The van der Waals surface area contributed by atoms with Gasteiger partial charge in [-0.15, -0.1) is 0 Å². The predicted molar refractivity (Wildman–Crippen MR) is 76.1 cm³/mol. The fourth-order valence-electron chi connectivity index (χ4n) is 2.66. The van der Waals surface area contributed by atoms with E-state index in [-0.39, 0.29) is 18.0 Å². The lowest BCUT2D eigenvalue weighted by molar-refractivity contribution is 0.0530. The fourth-order valence-corrected chi connectivity index (χ4v) is 2.66. The maximum Gasteiger partial charge on any atom is 0.317 e. The standard InChI is InChI=1S/C14H24N4O2/c1-10(2)16-14(20)18-7-4-5-11(9-18)12(19)13-15-6-8-17(13)3/h6,8,10-12,19H,4-5,7,9H2,1-3H3,(H,16,20). The van der Waals surface area contributed by atoms with E-state index in [4.69, 9.17) is 0 Å². The Kier molecular flexibility index (Phi) is 4.65. The van der Waals surface area contributed by atoms with Crippen LogP contribution in [0.3, 0.4) is 0 Å². The molecule has 1 aliphatic heterocycles. The number of nitrogens with one attached hydrogen (secondary N) is 1. The molecule has 2 rings (SSSR count). The molecule has 6 nitrogen and oxygen atoms in total. The third-order valence-corrected chi connectivity index (χ3v) is 3.73. The Morgan fingerprint density at radius 3 is 2.90 bits per heavy atom. The van der Waals surface area contributed by atoms with E-state index in [0.29, 0.717) is 12.4 Å². The Hall–Kier alpha value is -1.56. The Bertz CT molecular complexity index is 458. The highest BCUT2D eigenvalue weighted by Gasteiger charge is 2.31. The van der Waals surface area contributed by atoms with Gasteiger partial charge in [-0.05, 0) is 26.7 Å². The van der Waals surface area contributed by atoms with Crippen molar-refractivity contribution in [1.29, 1.82) is 0 Å². The summed E-state index contributed by atoms with van der Waals surface area (Å²) >= 11 is 0. The van der Waals surface area contributed by atoms with Crippen LogP contribution in [0.1, 0.15) is 38.6 Å². The van der Waals surface area contributed by atoms with Crippen molar-refractivity contribution in [2.24, 2.45) is 13.0 Å². The topological polar surface area (TPSA) is 70.4 Å². The summed E-state index contributed by atoms with van der Waals surface area (Å²) in [7, 11) is 1.87. The van der Waals surface area contributed by atoms with E-state index in [9.17, 15) is 9.90 Å². The van der Waals surface area contributed by atoms with Crippen molar-refractivity contribution in [2.75, 3.05) is 13.1 Å². The van der Waals surface area contributed by atoms with Gasteiger partial charge in [0.2, 0.25) is 0 Å². The van der Waals surface area contributed by atoms with Crippen LogP contribution in [0.15, 0.2) is 12.4 Å². The number of hydrogen-bond donors (Lipinski definition) is 2. The molecule has 0 aliphatic carbocycles. The Labute approximate surface area is 119 Å². The summed E-state index contributed by atoms with van der Waals surface area (Å²) < 4.78 is 1.83. The number of hydrogen-bond acceptors (Lipinski definition) is 3. The number of aromatic nitrogens is 2. The van der Waals surface area contributed by atoms with Crippen molar-refractivity contribution in [2.45, 2.75) is 38.8 Å². The number of carbonyl (C=O) groups is 1. The normalized spacial score (nSPS) is 21.1. The number of amides is 2. The van der Waals surface area contributed by atoms with Gasteiger partial charge in [0.1, 0.15) is 11.9 Å². The van der Waals surface area contributed by atoms with E-state index in [1.807, 2.05) is 31.7 Å². The first-order valence-electron chi connectivity index (χ1n) is 7.19. The molecule has 0 aromatic carbocycles. The van der Waals surface area contributed by atoms with Crippen molar-refractivity contribution in [3.8, 4) is 0 Å². The highest BCUT2D eigenvalue weighted by molar-refractivity contribution is 5.74. The number of urea groups is 1. The lowest BCUT2D eigenvalue weighted by Gasteiger charge is -2.35. The van der Waals surface area contributed by atoms with Gasteiger partial charge in [0.25, 0.3) is 0 Å². The molecule has 2 N–H and O–H groups in total. The first kappa shape index (κ1) is 14.8. The summed E-state index contributed by atoms with van der Waals surface area (Å²) in [5.74, 6) is 0.712. The molecule has 2 atom stereocenters. The molecule has 6 heteroatoms.